The molecule has 2 aromatic carbocycles. The molecule has 0 radical (unpaired) electrons. The van der Waals surface area contributed by atoms with E-state index in [0.717, 1.165) is 16.8 Å². The fourth-order valence-corrected chi connectivity index (χ4v) is 2.79. The lowest BCUT2D eigenvalue weighted by Crippen LogP contribution is -2.15. The monoisotopic (exact) mass is 386 g/mol. The smallest absolute Gasteiger partial charge is 0.274 e. The van der Waals surface area contributed by atoms with E-state index < -0.39 is 0 Å². The molecule has 3 aromatic rings. The maximum absolute atomic E-state index is 12.5. The Balaban J connectivity index is 1.77. The van der Waals surface area contributed by atoms with Crippen LogP contribution in [0.4, 0.5) is 17.3 Å². The van der Waals surface area contributed by atoms with E-state index in [1.54, 1.807) is 24.3 Å². The maximum atomic E-state index is 12.5. The van der Waals surface area contributed by atoms with Gasteiger partial charge < -0.3 is 10.6 Å². The molecule has 1 amide bonds. The van der Waals surface area contributed by atoms with Crippen LogP contribution in [0.15, 0.2) is 48.7 Å². The third-order valence-corrected chi connectivity index (χ3v) is 4.28. The first kappa shape index (κ1) is 18.2. The lowest BCUT2D eigenvalue weighted by molar-refractivity contribution is 0.102. The topological polar surface area (TPSA) is 66.9 Å². The highest BCUT2D eigenvalue weighted by atomic mass is 35.5. The highest BCUT2D eigenvalue weighted by Gasteiger charge is 2.10. The minimum atomic E-state index is -0.311. The van der Waals surface area contributed by atoms with Gasteiger partial charge in [-0.3, -0.25) is 4.79 Å². The van der Waals surface area contributed by atoms with Crippen molar-refractivity contribution in [3.8, 4) is 0 Å². The molecular weight excluding hydrogens is 371 g/mol. The zero-order valence-electron chi connectivity index (χ0n) is 14.2. The molecule has 0 atom stereocenters. The Morgan fingerprint density at radius 2 is 1.65 bits per heavy atom. The van der Waals surface area contributed by atoms with Crippen molar-refractivity contribution in [2.24, 2.45) is 0 Å². The molecule has 0 aliphatic carbocycles. The number of anilines is 3. The summed E-state index contributed by atoms with van der Waals surface area (Å²) >= 11 is 11.9. The van der Waals surface area contributed by atoms with E-state index in [2.05, 4.69) is 20.6 Å². The molecular formula is C19H16Cl2N4O. The number of hydrogen-bond acceptors (Lipinski definition) is 4. The predicted octanol–water partition coefficient (Wildman–Crippen LogP) is 5.40. The highest BCUT2D eigenvalue weighted by molar-refractivity contribution is 6.42. The van der Waals surface area contributed by atoms with Crippen LogP contribution in [0, 0.1) is 13.8 Å². The first-order valence-corrected chi connectivity index (χ1v) is 8.61. The van der Waals surface area contributed by atoms with E-state index in [9.17, 15) is 4.79 Å². The molecule has 0 spiro atoms. The number of rotatable bonds is 4. The van der Waals surface area contributed by atoms with Crippen LogP contribution in [-0.4, -0.2) is 15.9 Å². The summed E-state index contributed by atoms with van der Waals surface area (Å²) in [6, 6.07) is 12.5. The van der Waals surface area contributed by atoms with E-state index >= 15 is 0 Å². The molecule has 0 bridgehead atoms. The third kappa shape index (κ3) is 4.50. The standard InChI is InChI=1S/C19H16Cl2N4O/c1-11-7-12(2)9-14(8-11)23-18(26)17-5-6-22-19(25-17)24-13-3-4-15(20)16(21)10-13/h3-10H,1-2H3,(H,23,26)(H,22,24,25). The zero-order chi connectivity index (χ0) is 18.7. The molecule has 1 aromatic heterocycles. The van der Waals surface area contributed by atoms with Crippen molar-refractivity contribution in [2.75, 3.05) is 10.6 Å². The molecule has 26 heavy (non-hydrogen) atoms. The van der Waals surface area contributed by atoms with Crippen molar-refractivity contribution in [3.05, 3.63) is 75.5 Å². The summed E-state index contributed by atoms with van der Waals surface area (Å²) in [7, 11) is 0. The number of amides is 1. The summed E-state index contributed by atoms with van der Waals surface area (Å²) in [5.41, 5.74) is 3.80. The Morgan fingerprint density at radius 1 is 0.923 bits per heavy atom. The Bertz CT molecular complexity index is 955. The summed E-state index contributed by atoms with van der Waals surface area (Å²) in [6.07, 6.45) is 1.52. The van der Waals surface area contributed by atoms with Crippen LogP contribution in [0.25, 0.3) is 0 Å². The predicted molar refractivity (Wildman–Crippen MR) is 106 cm³/mol. The Labute approximate surface area is 161 Å². The first-order valence-electron chi connectivity index (χ1n) is 7.85. The number of carbonyl (C=O) groups excluding carboxylic acids is 1. The van der Waals surface area contributed by atoms with Crippen molar-refractivity contribution in [1.29, 1.82) is 0 Å². The van der Waals surface area contributed by atoms with Crippen LogP contribution in [0.2, 0.25) is 10.0 Å². The molecule has 0 saturated carbocycles. The fourth-order valence-electron chi connectivity index (χ4n) is 2.49. The summed E-state index contributed by atoms with van der Waals surface area (Å²) in [5, 5.41) is 6.73. The van der Waals surface area contributed by atoms with Gasteiger partial charge in [-0.25, -0.2) is 9.97 Å². The Hall–Kier alpha value is -2.63. The number of hydrogen-bond donors (Lipinski definition) is 2. The number of halogens is 2. The minimum absolute atomic E-state index is 0.252. The average molecular weight is 387 g/mol. The summed E-state index contributed by atoms with van der Waals surface area (Å²) in [6.45, 7) is 3.96. The van der Waals surface area contributed by atoms with E-state index in [0.29, 0.717) is 15.7 Å². The fraction of sp³-hybridized carbons (Fsp3) is 0.105. The van der Waals surface area contributed by atoms with Crippen molar-refractivity contribution in [1.82, 2.24) is 9.97 Å². The third-order valence-electron chi connectivity index (χ3n) is 3.54. The van der Waals surface area contributed by atoms with Gasteiger partial charge in [0, 0.05) is 17.6 Å². The van der Waals surface area contributed by atoms with Gasteiger partial charge in [0.2, 0.25) is 5.95 Å². The van der Waals surface area contributed by atoms with E-state index in [1.807, 2.05) is 32.0 Å². The summed E-state index contributed by atoms with van der Waals surface area (Å²) < 4.78 is 0. The molecule has 0 aliphatic rings. The van der Waals surface area contributed by atoms with Crippen LogP contribution in [0.3, 0.4) is 0 Å². The maximum Gasteiger partial charge on any atom is 0.274 e. The normalized spacial score (nSPS) is 10.5. The van der Waals surface area contributed by atoms with Crippen molar-refractivity contribution in [2.45, 2.75) is 13.8 Å². The number of aromatic nitrogens is 2. The molecule has 2 N–H and O–H groups in total. The van der Waals surface area contributed by atoms with Gasteiger partial charge in [-0.05, 0) is 61.4 Å². The van der Waals surface area contributed by atoms with Crippen molar-refractivity contribution in [3.63, 3.8) is 0 Å². The van der Waals surface area contributed by atoms with Gasteiger partial charge in [0.25, 0.3) is 5.91 Å². The highest BCUT2D eigenvalue weighted by Crippen LogP contribution is 2.26. The molecule has 0 unspecified atom stereocenters. The van der Waals surface area contributed by atoms with E-state index in [-0.39, 0.29) is 17.5 Å². The number of carbonyl (C=O) groups is 1. The van der Waals surface area contributed by atoms with Crippen LogP contribution in [0.5, 0.6) is 0 Å². The van der Waals surface area contributed by atoms with Gasteiger partial charge in [-0.1, -0.05) is 29.3 Å². The van der Waals surface area contributed by atoms with E-state index in [1.165, 1.54) is 6.20 Å². The van der Waals surface area contributed by atoms with Gasteiger partial charge in [0.1, 0.15) is 5.69 Å². The number of nitrogens with zero attached hydrogens (tertiary/aromatic N) is 2. The van der Waals surface area contributed by atoms with Crippen LogP contribution >= 0.6 is 23.2 Å². The van der Waals surface area contributed by atoms with Gasteiger partial charge in [-0.15, -0.1) is 0 Å². The van der Waals surface area contributed by atoms with Gasteiger partial charge in [0.15, 0.2) is 0 Å². The lowest BCUT2D eigenvalue weighted by Gasteiger charge is -2.09. The van der Waals surface area contributed by atoms with Crippen LogP contribution < -0.4 is 10.6 Å². The molecule has 0 aliphatic heterocycles. The van der Waals surface area contributed by atoms with Gasteiger partial charge >= 0.3 is 0 Å². The SMILES string of the molecule is Cc1cc(C)cc(NC(=O)c2ccnc(Nc3ccc(Cl)c(Cl)c3)n2)c1. The molecule has 3 rings (SSSR count). The molecule has 132 valence electrons. The second kappa shape index (κ2) is 7.72. The van der Waals surface area contributed by atoms with Crippen LogP contribution in [0.1, 0.15) is 21.6 Å². The number of nitrogens with one attached hydrogen (secondary N) is 2. The molecule has 0 saturated heterocycles. The lowest BCUT2D eigenvalue weighted by atomic mass is 10.1. The number of aryl methyl sites for hydroxylation is 2. The van der Waals surface area contributed by atoms with E-state index in [4.69, 9.17) is 23.2 Å². The van der Waals surface area contributed by atoms with Crippen molar-refractivity contribution >= 4 is 46.4 Å². The summed E-state index contributed by atoms with van der Waals surface area (Å²) in [5.74, 6) is -0.0222. The Morgan fingerprint density at radius 3 is 2.35 bits per heavy atom. The largest absolute Gasteiger partial charge is 0.324 e. The molecule has 1 heterocycles. The average Bonchev–Trinajstić information content (AvgIpc) is 2.57. The zero-order valence-corrected chi connectivity index (χ0v) is 15.7. The second-order valence-corrected chi connectivity index (χ2v) is 6.66. The first-order chi connectivity index (χ1) is 12.4. The minimum Gasteiger partial charge on any atom is -0.324 e. The van der Waals surface area contributed by atoms with Crippen molar-refractivity contribution < 1.29 is 4.79 Å². The molecule has 5 nitrogen and oxygen atoms in total. The van der Waals surface area contributed by atoms with Gasteiger partial charge in [0.05, 0.1) is 10.0 Å². The quantitative estimate of drug-likeness (QED) is 0.629. The second-order valence-electron chi connectivity index (χ2n) is 5.85. The number of benzene rings is 2. The molecule has 7 heteroatoms. The molecule has 0 fully saturated rings. The Kier molecular flexibility index (Phi) is 5.40. The van der Waals surface area contributed by atoms with Crippen LogP contribution in [-0.2, 0) is 0 Å². The van der Waals surface area contributed by atoms with Gasteiger partial charge in [-0.2, -0.15) is 0 Å². The summed E-state index contributed by atoms with van der Waals surface area (Å²) in [4.78, 5) is 20.8.